The Hall–Kier alpha value is -1.04. The summed E-state index contributed by atoms with van der Waals surface area (Å²) < 4.78 is 0. The highest BCUT2D eigenvalue weighted by Gasteiger charge is 1.68. The Morgan fingerprint density at radius 2 is 1.50 bits per heavy atom. The number of allylic oxidation sites excluding steroid dienone is 8. The quantitative estimate of drug-likeness (QED) is 0.537. The number of hydrogen-bond acceptors (Lipinski definition) is 0. The van der Waals surface area contributed by atoms with Crippen molar-refractivity contribution in [2.75, 3.05) is 0 Å². The zero-order valence-corrected chi connectivity index (χ0v) is 7.74. The summed E-state index contributed by atoms with van der Waals surface area (Å²) in [6.07, 6.45) is 18.3. The van der Waals surface area contributed by atoms with E-state index in [0.717, 1.165) is 6.42 Å². The predicted octanol–water partition coefficient (Wildman–Crippen LogP) is 3.85. The largest absolute Gasteiger partial charge is 0.0845 e. The van der Waals surface area contributed by atoms with E-state index in [-0.39, 0.29) is 0 Å². The number of rotatable bonds is 5. The highest BCUT2D eigenvalue weighted by Crippen LogP contribution is 1.89. The van der Waals surface area contributed by atoms with Gasteiger partial charge in [-0.05, 0) is 13.3 Å². The highest BCUT2D eigenvalue weighted by atomic mass is 13.7. The third-order valence-corrected chi connectivity index (χ3v) is 1.28. The van der Waals surface area contributed by atoms with Gasteiger partial charge < -0.3 is 0 Å². The molecule has 0 aliphatic rings. The lowest BCUT2D eigenvalue weighted by Gasteiger charge is -1.79. The summed E-state index contributed by atoms with van der Waals surface area (Å²) in [5.74, 6) is 0. The summed E-state index contributed by atoms with van der Waals surface area (Å²) in [4.78, 5) is 0. The Kier molecular flexibility index (Phi) is 9.10. The van der Waals surface area contributed by atoms with Gasteiger partial charge >= 0.3 is 0 Å². The maximum Gasteiger partial charge on any atom is -0.0313 e. The van der Waals surface area contributed by atoms with Gasteiger partial charge in [-0.25, -0.2) is 0 Å². The first-order valence-corrected chi connectivity index (χ1v) is 4.36. The molecular weight excluding hydrogens is 144 g/mol. The van der Waals surface area contributed by atoms with Crippen LogP contribution in [0.4, 0.5) is 0 Å². The van der Waals surface area contributed by atoms with Crippen molar-refractivity contribution in [2.45, 2.75) is 19.8 Å². The normalized spacial score (nSPS) is 13.2. The van der Waals surface area contributed by atoms with Crippen LogP contribution in [-0.4, -0.2) is 0 Å². The minimum Gasteiger partial charge on any atom is -0.0845 e. The van der Waals surface area contributed by atoms with Crippen LogP contribution in [0.2, 0.25) is 0 Å². The second kappa shape index (κ2) is 9.96. The molecule has 0 amide bonds. The zero-order valence-electron chi connectivity index (χ0n) is 7.74. The zero-order chi connectivity index (χ0) is 9.07. The molecule has 0 bridgehead atoms. The number of hydrogen-bond donors (Lipinski definition) is 0. The van der Waals surface area contributed by atoms with Gasteiger partial charge in [0, 0.05) is 0 Å². The average molecular weight is 161 g/mol. The first kappa shape index (κ1) is 11.0. The molecule has 0 aliphatic heterocycles. The van der Waals surface area contributed by atoms with E-state index in [2.05, 4.69) is 26.0 Å². The van der Waals surface area contributed by atoms with Gasteiger partial charge in [0.2, 0.25) is 0 Å². The van der Waals surface area contributed by atoms with Crippen molar-refractivity contribution in [3.63, 3.8) is 0 Å². The standard InChI is InChI=1S/C12H17/c1-3-5-7-9-11-12-10-8-6-4-2/h3,5,7-12H,1,4,6H2,2H3/b5-3+,9-7+,10-8+,12-11+. The van der Waals surface area contributed by atoms with Gasteiger partial charge in [-0.3, -0.25) is 0 Å². The van der Waals surface area contributed by atoms with E-state index in [4.69, 9.17) is 0 Å². The van der Waals surface area contributed by atoms with Crippen LogP contribution in [0.5, 0.6) is 0 Å². The Balaban J connectivity index is 3.48. The Morgan fingerprint density at radius 3 is 2.08 bits per heavy atom. The van der Waals surface area contributed by atoms with Gasteiger partial charge in [-0.1, -0.05) is 62.0 Å². The molecule has 0 nitrogen and oxygen atoms in total. The molecule has 0 saturated carbocycles. The van der Waals surface area contributed by atoms with Crippen molar-refractivity contribution in [1.82, 2.24) is 0 Å². The molecule has 0 fully saturated rings. The van der Waals surface area contributed by atoms with Crippen LogP contribution >= 0.6 is 0 Å². The van der Waals surface area contributed by atoms with Crippen LogP contribution in [0, 0.1) is 6.92 Å². The monoisotopic (exact) mass is 161 g/mol. The van der Waals surface area contributed by atoms with Crippen molar-refractivity contribution in [3.05, 3.63) is 55.5 Å². The van der Waals surface area contributed by atoms with Gasteiger partial charge in [0.15, 0.2) is 0 Å². The van der Waals surface area contributed by atoms with Crippen LogP contribution < -0.4 is 0 Å². The molecule has 0 saturated heterocycles. The third kappa shape index (κ3) is 8.96. The van der Waals surface area contributed by atoms with Crippen LogP contribution in [0.25, 0.3) is 0 Å². The van der Waals surface area contributed by atoms with Gasteiger partial charge in [-0.15, -0.1) is 0 Å². The minimum absolute atomic E-state index is 1.16. The summed E-state index contributed by atoms with van der Waals surface area (Å²) in [6.45, 7) is 5.75. The van der Waals surface area contributed by atoms with Crippen molar-refractivity contribution < 1.29 is 0 Å². The Bertz CT molecular complexity index is 180. The molecule has 0 spiro atoms. The van der Waals surface area contributed by atoms with Crippen LogP contribution in [0.3, 0.4) is 0 Å². The fourth-order valence-electron chi connectivity index (χ4n) is 0.677. The lowest BCUT2D eigenvalue weighted by molar-refractivity contribution is 0.959. The smallest absolute Gasteiger partial charge is 0.0313 e. The van der Waals surface area contributed by atoms with E-state index in [1.165, 1.54) is 6.42 Å². The van der Waals surface area contributed by atoms with E-state index in [0.29, 0.717) is 0 Å². The summed E-state index contributed by atoms with van der Waals surface area (Å²) in [5.41, 5.74) is 0. The van der Waals surface area contributed by atoms with E-state index < -0.39 is 0 Å². The van der Waals surface area contributed by atoms with Crippen molar-refractivity contribution in [1.29, 1.82) is 0 Å². The third-order valence-electron chi connectivity index (χ3n) is 1.28. The maximum atomic E-state index is 3.57. The summed E-state index contributed by atoms with van der Waals surface area (Å²) in [6, 6.07) is 0. The van der Waals surface area contributed by atoms with Crippen LogP contribution in [-0.2, 0) is 0 Å². The average Bonchev–Trinajstić information content (AvgIpc) is 2.10. The summed E-state index contributed by atoms with van der Waals surface area (Å²) >= 11 is 0. The summed E-state index contributed by atoms with van der Waals surface area (Å²) in [7, 11) is 0. The molecule has 0 aromatic rings. The molecule has 0 aromatic heterocycles. The van der Waals surface area contributed by atoms with Crippen LogP contribution in [0.1, 0.15) is 19.8 Å². The molecule has 1 radical (unpaired) electrons. The molecule has 0 aromatic carbocycles. The predicted molar refractivity (Wildman–Crippen MR) is 56.8 cm³/mol. The number of unbranched alkanes of at least 4 members (excludes halogenated alkanes) is 1. The van der Waals surface area contributed by atoms with Gasteiger partial charge in [0.25, 0.3) is 0 Å². The van der Waals surface area contributed by atoms with Crippen molar-refractivity contribution in [3.8, 4) is 0 Å². The van der Waals surface area contributed by atoms with E-state index in [1.807, 2.05) is 30.4 Å². The molecule has 0 heterocycles. The SMILES string of the molecule is [CH2]/C=C/C=C/C=C/C=C/CCC. The molecule has 65 valence electrons. The lowest BCUT2D eigenvalue weighted by Crippen LogP contribution is -1.58. The Morgan fingerprint density at radius 1 is 0.917 bits per heavy atom. The van der Waals surface area contributed by atoms with Crippen molar-refractivity contribution >= 4 is 0 Å². The first-order chi connectivity index (χ1) is 5.91. The minimum atomic E-state index is 1.16. The van der Waals surface area contributed by atoms with E-state index in [1.54, 1.807) is 6.08 Å². The van der Waals surface area contributed by atoms with Gasteiger partial charge in [-0.2, -0.15) is 0 Å². The van der Waals surface area contributed by atoms with Gasteiger partial charge in [0.1, 0.15) is 0 Å². The second-order valence-corrected chi connectivity index (χ2v) is 2.41. The maximum absolute atomic E-state index is 3.57. The first-order valence-electron chi connectivity index (χ1n) is 4.36. The molecule has 0 rings (SSSR count). The molecule has 12 heavy (non-hydrogen) atoms. The molecule has 0 heteroatoms. The lowest BCUT2D eigenvalue weighted by atomic mass is 10.3. The summed E-state index contributed by atoms with van der Waals surface area (Å²) in [5, 5.41) is 0. The van der Waals surface area contributed by atoms with Crippen LogP contribution in [0.15, 0.2) is 48.6 Å². The molecular formula is C12H17. The Labute approximate surface area is 76.0 Å². The molecule has 0 N–H and O–H groups in total. The molecule has 0 unspecified atom stereocenters. The van der Waals surface area contributed by atoms with Crippen molar-refractivity contribution in [2.24, 2.45) is 0 Å². The van der Waals surface area contributed by atoms with E-state index in [9.17, 15) is 0 Å². The second-order valence-electron chi connectivity index (χ2n) is 2.41. The van der Waals surface area contributed by atoms with Gasteiger partial charge in [0.05, 0.1) is 0 Å². The molecule has 0 aliphatic carbocycles. The fourth-order valence-corrected chi connectivity index (χ4v) is 0.677. The topological polar surface area (TPSA) is 0 Å². The fraction of sp³-hybridized carbons (Fsp3) is 0.250. The van der Waals surface area contributed by atoms with E-state index >= 15 is 0 Å². The molecule has 0 atom stereocenters. The highest BCUT2D eigenvalue weighted by molar-refractivity contribution is 5.15.